The normalized spacial score (nSPS) is 10.6. The lowest BCUT2D eigenvalue weighted by Gasteiger charge is -2.24. The van der Waals surface area contributed by atoms with Gasteiger partial charge in [-0.1, -0.05) is 19.9 Å². The topological polar surface area (TPSA) is 15.7 Å². The van der Waals surface area contributed by atoms with Crippen LogP contribution in [-0.2, 0) is 0 Å². The van der Waals surface area contributed by atoms with Crippen LogP contribution in [0, 0.1) is 0 Å². The number of ether oxygens (including phenoxy) is 1. The van der Waals surface area contributed by atoms with E-state index in [0.29, 0.717) is 0 Å². The number of benzene rings is 1. The Labute approximate surface area is 105 Å². The van der Waals surface area contributed by atoms with E-state index >= 15 is 0 Å². The highest BCUT2D eigenvalue weighted by molar-refractivity contribution is 5.50. The summed E-state index contributed by atoms with van der Waals surface area (Å²) in [6, 6.07) is 8.19. The fourth-order valence-corrected chi connectivity index (χ4v) is 1.81. The highest BCUT2D eigenvalue weighted by Crippen LogP contribution is 2.19. The summed E-state index contributed by atoms with van der Waals surface area (Å²) in [6.07, 6.45) is 0. The molecule has 0 aliphatic rings. The van der Waals surface area contributed by atoms with Crippen LogP contribution in [0.5, 0.6) is 5.75 Å². The summed E-state index contributed by atoms with van der Waals surface area (Å²) in [4.78, 5) is 4.69. The van der Waals surface area contributed by atoms with Gasteiger partial charge >= 0.3 is 0 Å². The van der Waals surface area contributed by atoms with Gasteiger partial charge in [0.15, 0.2) is 0 Å². The van der Waals surface area contributed by atoms with Gasteiger partial charge in [0.25, 0.3) is 0 Å². The van der Waals surface area contributed by atoms with E-state index in [1.54, 1.807) is 7.11 Å². The Kier molecular flexibility index (Phi) is 5.84. The van der Waals surface area contributed by atoms with Crippen LogP contribution >= 0.6 is 0 Å². The summed E-state index contributed by atoms with van der Waals surface area (Å²) in [6.45, 7) is 8.77. The van der Waals surface area contributed by atoms with Gasteiger partial charge in [-0.25, -0.2) is 0 Å². The summed E-state index contributed by atoms with van der Waals surface area (Å²) < 4.78 is 5.24. The van der Waals surface area contributed by atoms with Crippen molar-refractivity contribution in [2.45, 2.75) is 13.8 Å². The molecule has 1 rings (SSSR count). The third-order valence-corrected chi connectivity index (χ3v) is 3.14. The molecule has 0 unspecified atom stereocenters. The van der Waals surface area contributed by atoms with Crippen molar-refractivity contribution in [3.05, 3.63) is 24.3 Å². The van der Waals surface area contributed by atoms with Gasteiger partial charge < -0.3 is 14.5 Å². The van der Waals surface area contributed by atoms with E-state index in [0.717, 1.165) is 31.9 Å². The van der Waals surface area contributed by atoms with Crippen LogP contribution in [0.25, 0.3) is 0 Å². The maximum absolute atomic E-state index is 5.24. The summed E-state index contributed by atoms with van der Waals surface area (Å²) in [5, 5.41) is 0. The lowest BCUT2D eigenvalue weighted by atomic mass is 10.2. The summed E-state index contributed by atoms with van der Waals surface area (Å²) in [5.74, 6) is 0.914. The Hall–Kier alpha value is -1.22. The number of anilines is 1. The van der Waals surface area contributed by atoms with Crippen LogP contribution in [0.1, 0.15) is 13.8 Å². The average Bonchev–Trinajstić information content (AvgIpc) is 2.39. The number of nitrogens with zero attached hydrogens (tertiary/aromatic N) is 2. The molecule has 0 spiro atoms. The minimum absolute atomic E-state index is 0.914. The second-order valence-electron chi connectivity index (χ2n) is 4.15. The standard InChI is InChI=1S/C14H24N2O/c1-5-16(6-2)11-10-15(3)13-8-7-9-14(12-13)17-4/h7-9,12H,5-6,10-11H2,1-4H3. The van der Waals surface area contributed by atoms with Crippen molar-refractivity contribution in [2.75, 3.05) is 45.2 Å². The van der Waals surface area contributed by atoms with Crippen molar-refractivity contribution in [2.24, 2.45) is 0 Å². The van der Waals surface area contributed by atoms with Crippen molar-refractivity contribution in [1.29, 1.82) is 0 Å². The SMILES string of the molecule is CCN(CC)CCN(C)c1cccc(OC)c1. The average molecular weight is 236 g/mol. The minimum atomic E-state index is 0.914. The summed E-state index contributed by atoms with van der Waals surface area (Å²) in [7, 11) is 3.83. The molecule has 0 bridgehead atoms. The summed E-state index contributed by atoms with van der Waals surface area (Å²) >= 11 is 0. The van der Waals surface area contributed by atoms with E-state index in [1.807, 2.05) is 12.1 Å². The number of rotatable bonds is 7. The van der Waals surface area contributed by atoms with Crippen LogP contribution in [0.3, 0.4) is 0 Å². The van der Waals surface area contributed by atoms with Gasteiger partial charge in [-0.15, -0.1) is 0 Å². The fraction of sp³-hybridized carbons (Fsp3) is 0.571. The zero-order chi connectivity index (χ0) is 12.7. The Morgan fingerprint density at radius 1 is 1.12 bits per heavy atom. The Bertz CT molecular complexity index is 324. The number of likely N-dealkylation sites (N-methyl/N-ethyl adjacent to an activating group) is 2. The molecule has 0 atom stereocenters. The van der Waals surface area contributed by atoms with Crippen molar-refractivity contribution < 1.29 is 4.74 Å². The third-order valence-electron chi connectivity index (χ3n) is 3.14. The van der Waals surface area contributed by atoms with Gasteiger partial charge in [0.2, 0.25) is 0 Å². The highest BCUT2D eigenvalue weighted by Gasteiger charge is 2.04. The number of hydrogen-bond acceptors (Lipinski definition) is 3. The van der Waals surface area contributed by atoms with Crippen LogP contribution in [0.15, 0.2) is 24.3 Å². The van der Waals surface area contributed by atoms with E-state index in [1.165, 1.54) is 5.69 Å². The largest absolute Gasteiger partial charge is 0.497 e. The quantitative estimate of drug-likeness (QED) is 0.723. The van der Waals surface area contributed by atoms with Crippen LogP contribution in [0.2, 0.25) is 0 Å². The van der Waals surface area contributed by atoms with Crippen molar-refractivity contribution in [3.63, 3.8) is 0 Å². The number of methoxy groups -OCH3 is 1. The molecule has 0 heterocycles. The molecule has 0 radical (unpaired) electrons. The number of hydrogen-bond donors (Lipinski definition) is 0. The summed E-state index contributed by atoms with van der Waals surface area (Å²) in [5.41, 5.74) is 1.21. The first-order chi connectivity index (χ1) is 8.21. The van der Waals surface area contributed by atoms with Gasteiger partial charge in [0.05, 0.1) is 7.11 Å². The van der Waals surface area contributed by atoms with Crippen molar-refractivity contribution >= 4 is 5.69 Å². The molecular formula is C14H24N2O. The zero-order valence-corrected chi connectivity index (χ0v) is 11.4. The van der Waals surface area contributed by atoms with E-state index in [2.05, 4.69) is 42.8 Å². The molecule has 17 heavy (non-hydrogen) atoms. The molecule has 0 aliphatic heterocycles. The van der Waals surface area contributed by atoms with Crippen molar-refractivity contribution in [1.82, 2.24) is 4.90 Å². The van der Waals surface area contributed by atoms with Crippen LogP contribution < -0.4 is 9.64 Å². The molecule has 3 heteroatoms. The predicted molar refractivity (Wildman–Crippen MR) is 74.1 cm³/mol. The molecule has 3 nitrogen and oxygen atoms in total. The molecule has 0 fully saturated rings. The first-order valence-corrected chi connectivity index (χ1v) is 6.28. The van der Waals surface area contributed by atoms with E-state index in [4.69, 9.17) is 4.74 Å². The van der Waals surface area contributed by atoms with E-state index in [-0.39, 0.29) is 0 Å². The molecule has 0 aromatic heterocycles. The van der Waals surface area contributed by atoms with E-state index in [9.17, 15) is 0 Å². The smallest absolute Gasteiger partial charge is 0.120 e. The maximum Gasteiger partial charge on any atom is 0.120 e. The monoisotopic (exact) mass is 236 g/mol. The van der Waals surface area contributed by atoms with Gasteiger partial charge in [-0.2, -0.15) is 0 Å². The molecule has 0 N–H and O–H groups in total. The minimum Gasteiger partial charge on any atom is -0.497 e. The Balaban J connectivity index is 2.53. The Morgan fingerprint density at radius 2 is 1.82 bits per heavy atom. The maximum atomic E-state index is 5.24. The highest BCUT2D eigenvalue weighted by atomic mass is 16.5. The zero-order valence-electron chi connectivity index (χ0n) is 11.4. The van der Waals surface area contributed by atoms with Crippen LogP contribution in [-0.4, -0.2) is 45.2 Å². The lowest BCUT2D eigenvalue weighted by molar-refractivity contribution is 0.311. The first-order valence-electron chi connectivity index (χ1n) is 6.28. The molecule has 96 valence electrons. The van der Waals surface area contributed by atoms with Crippen molar-refractivity contribution in [3.8, 4) is 5.75 Å². The van der Waals surface area contributed by atoms with Crippen LogP contribution in [0.4, 0.5) is 5.69 Å². The molecule has 0 aliphatic carbocycles. The first kappa shape index (κ1) is 13.8. The molecule has 1 aromatic rings. The van der Waals surface area contributed by atoms with E-state index < -0.39 is 0 Å². The molecule has 1 aromatic carbocycles. The van der Waals surface area contributed by atoms with Gasteiger partial charge in [-0.05, 0) is 25.2 Å². The van der Waals surface area contributed by atoms with Gasteiger partial charge in [0, 0.05) is 31.9 Å². The Morgan fingerprint density at radius 3 is 2.41 bits per heavy atom. The molecule has 0 saturated heterocycles. The molecular weight excluding hydrogens is 212 g/mol. The third kappa shape index (κ3) is 4.27. The molecule has 0 amide bonds. The second-order valence-corrected chi connectivity index (χ2v) is 4.15. The van der Waals surface area contributed by atoms with Gasteiger partial charge in [0.1, 0.15) is 5.75 Å². The predicted octanol–water partition coefficient (Wildman–Crippen LogP) is 2.47. The molecule has 0 saturated carbocycles. The fourth-order valence-electron chi connectivity index (χ4n) is 1.81. The lowest BCUT2D eigenvalue weighted by Crippen LogP contribution is -2.33. The second kappa shape index (κ2) is 7.17. The van der Waals surface area contributed by atoms with Gasteiger partial charge in [-0.3, -0.25) is 0 Å².